The normalized spacial score (nSPS) is 12.2. The van der Waals surface area contributed by atoms with Crippen molar-refractivity contribution in [3.63, 3.8) is 0 Å². The molecule has 0 atom stereocenters. The highest BCUT2D eigenvalue weighted by atomic mass is 32.1. The molecule has 74 heavy (non-hydrogen) atoms. The minimum atomic E-state index is 1.21. The Morgan fingerprint density at radius 2 is 0.432 bits per heavy atom. The Balaban J connectivity index is 1.85. The van der Waals surface area contributed by atoms with E-state index in [0.29, 0.717) is 0 Å². The Labute approximate surface area is 475 Å². The van der Waals surface area contributed by atoms with Crippen LogP contribution in [0.3, 0.4) is 0 Å². The van der Waals surface area contributed by atoms with Gasteiger partial charge in [0, 0.05) is 29.3 Å². The molecule has 0 unspecified atom stereocenters. The first kappa shape index (κ1) is 64.5. The molecule has 0 saturated carbocycles. The second kappa shape index (κ2) is 41.1. The van der Waals surface area contributed by atoms with Crippen molar-refractivity contribution in [1.29, 1.82) is 0 Å². The van der Waals surface area contributed by atoms with Crippen LogP contribution in [0.2, 0.25) is 0 Å². The van der Waals surface area contributed by atoms with Gasteiger partial charge in [-0.2, -0.15) is 0 Å². The van der Waals surface area contributed by atoms with Crippen molar-refractivity contribution in [2.45, 2.75) is 312 Å². The van der Waals surface area contributed by atoms with Crippen molar-refractivity contribution in [3.8, 4) is 0 Å². The molecule has 0 aliphatic heterocycles. The van der Waals surface area contributed by atoms with Crippen LogP contribution in [0, 0.1) is 0 Å². The molecule has 4 aromatic rings. The minimum Gasteiger partial charge on any atom is -0.144 e. The van der Waals surface area contributed by atoms with Gasteiger partial charge in [-0.05, 0) is 194 Å². The Morgan fingerprint density at radius 1 is 0.230 bits per heavy atom. The number of aryl methyl sites for hydroxylation is 2. The van der Waals surface area contributed by atoms with Crippen LogP contribution in [0.4, 0.5) is 0 Å². The summed E-state index contributed by atoms with van der Waals surface area (Å²) in [7, 11) is 0. The Bertz CT molecular complexity index is 1960. The van der Waals surface area contributed by atoms with Crippen LogP contribution < -0.4 is 0 Å². The average molecular weight is 1080 g/mol. The maximum atomic E-state index is 2.62. The molecule has 0 aliphatic rings. The van der Waals surface area contributed by atoms with Crippen molar-refractivity contribution in [3.05, 3.63) is 84.5 Å². The van der Waals surface area contributed by atoms with E-state index < -0.39 is 0 Å². The lowest BCUT2D eigenvalue weighted by atomic mass is 9.95. The fourth-order valence-electron chi connectivity index (χ4n) is 11.2. The number of unbranched alkanes of at least 4 members (excludes halogenated alkanes) is 24. The second-order valence-electron chi connectivity index (χ2n) is 22.3. The van der Waals surface area contributed by atoms with E-state index in [4.69, 9.17) is 0 Å². The molecule has 0 fully saturated rings. The zero-order chi connectivity index (χ0) is 52.9. The van der Waals surface area contributed by atoms with E-state index in [1.54, 1.807) is 64.0 Å². The summed E-state index contributed by atoms with van der Waals surface area (Å²) in [5.41, 5.74) is 13.3. The Kier molecular flexibility index (Phi) is 35.9. The van der Waals surface area contributed by atoms with E-state index >= 15 is 0 Å². The first-order valence-corrected chi connectivity index (χ1v) is 35.4. The van der Waals surface area contributed by atoms with Crippen molar-refractivity contribution in [2.75, 3.05) is 0 Å². The summed E-state index contributed by atoms with van der Waals surface area (Å²) in [4.78, 5) is 9.23. The molecule has 0 nitrogen and oxygen atoms in total. The fraction of sp³-hybridized carbons (Fsp3) is 0.686. The number of hydrogen-bond acceptors (Lipinski definition) is 4. The molecule has 0 aliphatic carbocycles. The standard InChI is InChI=1S/C70H112S4/c1-9-17-25-33-41-57-55-71-65(59(57)43-35-27-19-11-3)49-51-67-61(45-37-29-21-13-5)63(47-39-31-23-15-7)69(73-67)53-54-70-64(48-40-32-24-16-8)62(46-38-30-22-14-6)68(74-70)52-50-66-60(44-36-28-20-12-4)58(56-72-66)42-34-26-18-10-2/h49-56H,9-48H2,1-8H3/b51-49+,52-50+,54-53+. The third-order valence-electron chi connectivity index (χ3n) is 15.8. The SMILES string of the molecule is CCCCCCc1csc(/C=C/c2sc(/C=C/c3sc(/C=C/c4scc(CCCCCC)c4CCCCCC)c(CCCCCC)c3CCCCCC)c(CCCCCC)c2CCCCCC)c1CCCCCC. The van der Waals surface area contributed by atoms with Gasteiger partial charge in [0.05, 0.1) is 0 Å². The number of rotatable bonds is 46. The molecule has 416 valence electrons. The molecule has 0 radical (unpaired) electrons. The highest BCUT2D eigenvalue weighted by Gasteiger charge is 2.20. The van der Waals surface area contributed by atoms with Crippen LogP contribution in [0.15, 0.2) is 10.8 Å². The van der Waals surface area contributed by atoms with Gasteiger partial charge >= 0.3 is 0 Å². The van der Waals surface area contributed by atoms with Gasteiger partial charge in [-0.25, -0.2) is 0 Å². The largest absolute Gasteiger partial charge is 0.144 e. The van der Waals surface area contributed by atoms with E-state index in [9.17, 15) is 0 Å². The Hall–Kier alpha value is -1.98. The number of thiophene rings is 4. The predicted octanol–water partition coefficient (Wildman–Crippen LogP) is 25.4. The molecule has 4 rings (SSSR count). The molecule has 0 spiro atoms. The summed E-state index contributed by atoms with van der Waals surface area (Å²) in [6.07, 6.45) is 67.9. The summed E-state index contributed by atoms with van der Waals surface area (Å²) in [6, 6.07) is 0. The summed E-state index contributed by atoms with van der Waals surface area (Å²) in [5.74, 6) is 0. The summed E-state index contributed by atoms with van der Waals surface area (Å²) in [6.45, 7) is 18.8. The monoisotopic (exact) mass is 1080 g/mol. The Morgan fingerprint density at radius 3 is 0.662 bits per heavy atom. The van der Waals surface area contributed by atoms with Gasteiger partial charge in [0.2, 0.25) is 0 Å². The summed E-state index contributed by atoms with van der Waals surface area (Å²) < 4.78 is 0. The fourth-order valence-corrected chi connectivity index (χ4v) is 15.7. The van der Waals surface area contributed by atoms with Crippen LogP contribution >= 0.6 is 45.3 Å². The predicted molar refractivity (Wildman–Crippen MR) is 347 cm³/mol. The molecule has 4 aromatic heterocycles. The lowest BCUT2D eigenvalue weighted by Crippen LogP contribution is -1.96. The minimum absolute atomic E-state index is 1.21. The molecule has 0 amide bonds. The van der Waals surface area contributed by atoms with E-state index in [1.807, 2.05) is 22.7 Å². The lowest BCUT2D eigenvalue weighted by molar-refractivity contribution is 0.651. The zero-order valence-corrected chi connectivity index (χ0v) is 52.8. The van der Waals surface area contributed by atoms with Gasteiger partial charge in [-0.15, -0.1) is 45.3 Å². The molecular weight excluding hydrogens is 969 g/mol. The lowest BCUT2D eigenvalue weighted by Gasteiger charge is -2.09. The molecular formula is C70H112S4. The van der Waals surface area contributed by atoms with Crippen molar-refractivity contribution >= 4 is 81.8 Å². The van der Waals surface area contributed by atoms with Crippen LogP contribution in [0.1, 0.15) is 335 Å². The maximum Gasteiger partial charge on any atom is 0.0312 e. The molecule has 4 heterocycles. The van der Waals surface area contributed by atoms with E-state index in [2.05, 4.69) is 125 Å². The summed E-state index contributed by atoms with van der Waals surface area (Å²) in [5, 5.41) is 5.08. The molecule has 0 saturated heterocycles. The number of hydrogen-bond donors (Lipinski definition) is 0. The van der Waals surface area contributed by atoms with Crippen LogP contribution in [-0.4, -0.2) is 0 Å². The topological polar surface area (TPSA) is 0 Å². The second-order valence-corrected chi connectivity index (χ2v) is 26.3. The summed E-state index contributed by atoms with van der Waals surface area (Å²) >= 11 is 8.30. The third kappa shape index (κ3) is 23.5. The van der Waals surface area contributed by atoms with Crippen LogP contribution in [-0.2, 0) is 51.4 Å². The van der Waals surface area contributed by atoms with Crippen molar-refractivity contribution in [2.24, 2.45) is 0 Å². The molecule has 0 bridgehead atoms. The van der Waals surface area contributed by atoms with Gasteiger partial charge < -0.3 is 0 Å². The van der Waals surface area contributed by atoms with E-state index in [0.717, 1.165) is 0 Å². The van der Waals surface area contributed by atoms with Crippen molar-refractivity contribution in [1.82, 2.24) is 0 Å². The molecule has 4 heteroatoms. The molecule has 0 N–H and O–H groups in total. The van der Waals surface area contributed by atoms with Gasteiger partial charge in [-0.3, -0.25) is 0 Å². The van der Waals surface area contributed by atoms with E-state index in [-0.39, 0.29) is 0 Å². The average Bonchev–Trinajstić information content (AvgIpc) is 4.17. The van der Waals surface area contributed by atoms with Crippen LogP contribution in [0.5, 0.6) is 0 Å². The van der Waals surface area contributed by atoms with Gasteiger partial charge in [0.1, 0.15) is 0 Å². The van der Waals surface area contributed by atoms with Crippen molar-refractivity contribution < 1.29 is 0 Å². The van der Waals surface area contributed by atoms with E-state index in [1.165, 1.54) is 267 Å². The maximum absolute atomic E-state index is 2.62. The zero-order valence-electron chi connectivity index (χ0n) is 49.5. The van der Waals surface area contributed by atoms with Crippen LogP contribution in [0.25, 0.3) is 36.5 Å². The quantitative estimate of drug-likeness (QED) is 0.0387. The first-order chi connectivity index (χ1) is 36.5. The van der Waals surface area contributed by atoms with Gasteiger partial charge in [0.15, 0.2) is 0 Å². The van der Waals surface area contributed by atoms with Gasteiger partial charge in [0.25, 0.3) is 0 Å². The third-order valence-corrected chi connectivity index (χ3v) is 20.3. The molecule has 0 aromatic carbocycles. The van der Waals surface area contributed by atoms with Gasteiger partial charge in [-0.1, -0.05) is 209 Å². The highest BCUT2D eigenvalue weighted by Crippen LogP contribution is 2.40. The first-order valence-electron chi connectivity index (χ1n) is 32.0. The smallest absolute Gasteiger partial charge is 0.0312 e. The highest BCUT2D eigenvalue weighted by molar-refractivity contribution is 7.15.